The van der Waals surface area contributed by atoms with E-state index in [2.05, 4.69) is 20.8 Å². The van der Waals surface area contributed by atoms with Gasteiger partial charge in [0.15, 0.2) is 5.69 Å². The van der Waals surface area contributed by atoms with Crippen molar-refractivity contribution in [3.8, 4) is 0 Å². The number of esters is 1. The van der Waals surface area contributed by atoms with Crippen molar-refractivity contribution in [2.75, 3.05) is 139 Å². The summed E-state index contributed by atoms with van der Waals surface area (Å²) in [5, 5.41) is 0. The molecule has 0 saturated carbocycles. The van der Waals surface area contributed by atoms with E-state index in [0.29, 0.717) is 150 Å². The van der Waals surface area contributed by atoms with E-state index in [1.54, 1.807) is 24.3 Å². The van der Waals surface area contributed by atoms with Gasteiger partial charge in [-0.3, -0.25) is 4.79 Å². The number of nitrogens with zero attached hydrogens (tertiary/aromatic N) is 3. The molecule has 0 fully saturated rings. The van der Waals surface area contributed by atoms with E-state index in [4.69, 9.17) is 58.7 Å². The van der Waals surface area contributed by atoms with E-state index in [1.165, 1.54) is 0 Å². The highest BCUT2D eigenvalue weighted by Gasteiger charge is 2.15. The van der Waals surface area contributed by atoms with Crippen LogP contribution in [0.3, 0.4) is 0 Å². The maximum absolute atomic E-state index is 11.6. The number of rotatable bonds is 34. The number of hydrogen-bond donors (Lipinski definition) is 0. The maximum Gasteiger partial charge on any atom is 0.308 e. The SMILES string of the molecule is [C-]#[N+]c1cccc(N=C=NCCOCCOCCOCCOCCOCCOCCOCCOCCOCCOCCC(=O)OC(C)(C)C)c1. The normalized spacial score (nSPS) is 11.2. The van der Waals surface area contributed by atoms with Crippen LogP contribution in [0.25, 0.3) is 4.85 Å². The van der Waals surface area contributed by atoms with Gasteiger partial charge in [0.05, 0.1) is 163 Å². The van der Waals surface area contributed by atoms with Crippen LogP contribution in [0.2, 0.25) is 0 Å². The topological polar surface area (TPSA) is 148 Å². The van der Waals surface area contributed by atoms with E-state index in [-0.39, 0.29) is 12.4 Å². The predicted octanol–water partition coefficient (Wildman–Crippen LogP) is 3.94. The van der Waals surface area contributed by atoms with E-state index in [0.717, 1.165) is 0 Å². The van der Waals surface area contributed by atoms with Crippen molar-refractivity contribution >= 4 is 23.4 Å². The summed E-state index contributed by atoms with van der Waals surface area (Å²) in [6.45, 7) is 22.3. The van der Waals surface area contributed by atoms with Crippen molar-refractivity contribution in [1.29, 1.82) is 0 Å². The first-order valence-electron chi connectivity index (χ1n) is 17.0. The van der Waals surface area contributed by atoms with Gasteiger partial charge in [0.25, 0.3) is 0 Å². The van der Waals surface area contributed by atoms with Gasteiger partial charge in [0.2, 0.25) is 0 Å². The number of aliphatic imine (C=N–C) groups is 2. The van der Waals surface area contributed by atoms with Crippen molar-refractivity contribution in [2.24, 2.45) is 9.98 Å². The van der Waals surface area contributed by atoms with Crippen LogP contribution in [-0.2, 0) is 56.9 Å². The second kappa shape index (κ2) is 33.3. The highest BCUT2D eigenvalue weighted by atomic mass is 16.6. The van der Waals surface area contributed by atoms with Crippen LogP contribution in [-0.4, -0.2) is 156 Å². The van der Waals surface area contributed by atoms with Crippen LogP contribution in [0, 0.1) is 6.57 Å². The first kappa shape index (κ1) is 45.2. The molecular formula is C35H57N3O12. The smallest absolute Gasteiger partial charge is 0.308 e. The molecule has 0 heterocycles. The summed E-state index contributed by atoms with van der Waals surface area (Å²) < 4.78 is 59.7. The molecule has 0 aromatic heterocycles. The number of ether oxygens (including phenoxy) is 11. The first-order chi connectivity index (χ1) is 24.4. The Kier molecular flexibility index (Phi) is 30.1. The van der Waals surface area contributed by atoms with Crippen molar-refractivity contribution < 1.29 is 56.9 Å². The van der Waals surface area contributed by atoms with Crippen LogP contribution >= 0.6 is 0 Å². The van der Waals surface area contributed by atoms with Crippen LogP contribution < -0.4 is 0 Å². The molecule has 1 rings (SSSR count). The lowest BCUT2D eigenvalue weighted by Crippen LogP contribution is -2.24. The zero-order valence-electron chi connectivity index (χ0n) is 30.1. The molecule has 0 spiro atoms. The molecule has 0 N–H and O–H groups in total. The van der Waals surface area contributed by atoms with Crippen LogP contribution in [0.4, 0.5) is 11.4 Å². The van der Waals surface area contributed by atoms with Crippen LogP contribution in [0.5, 0.6) is 0 Å². The Labute approximate surface area is 297 Å². The molecule has 0 amide bonds. The van der Waals surface area contributed by atoms with E-state index in [1.807, 2.05) is 20.8 Å². The van der Waals surface area contributed by atoms with Gasteiger partial charge in [-0.15, -0.1) is 0 Å². The Morgan fingerprint density at radius 3 is 1.38 bits per heavy atom. The van der Waals surface area contributed by atoms with Crippen molar-refractivity contribution in [3.05, 3.63) is 35.7 Å². The summed E-state index contributed by atoms with van der Waals surface area (Å²) in [6, 6.07) is 9.57. The molecule has 0 bridgehead atoms. The fraction of sp³-hybridized carbons (Fsp3) is 0.743. The van der Waals surface area contributed by atoms with Gasteiger partial charge < -0.3 is 52.1 Å². The molecule has 15 heteroatoms. The molecular weight excluding hydrogens is 654 g/mol. The molecule has 1 aromatic rings. The second-order valence-corrected chi connectivity index (χ2v) is 11.2. The second-order valence-electron chi connectivity index (χ2n) is 11.2. The summed E-state index contributed by atoms with van der Waals surface area (Å²) in [6.07, 6.45) is 0.228. The Hall–Kier alpha value is -2.84. The molecule has 0 aliphatic heterocycles. The summed E-state index contributed by atoms with van der Waals surface area (Å²) in [4.78, 5) is 23.0. The Balaban J connectivity index is 1.68. The number of carbonyl (C=O) groups is 1. The van der Waals surface area contributed by atoms with E-state index >= 15 is 0 Å². The Bertz CT molecular complexity index is 1060. The quantitative estimate of drug-likeness (QED) is 0.0442. The minimum absolute atomic E-state index is 0.228. The highest BCUT2D eigenvalue weighted by molar-refractivity contribution is 5.69. The van der Waals surface area contributed by atoms with Crippen molar-refractivity contribution in [1.82, 2.24) is 0 Å². The number of carbonyl (C=O) groups excluding carboxylic acids is 1. The van der Waals surface area contributed by atoms with Crippen molar-refractivity contribution in [3.63, 3.8) is 0 Å². The lowest BCUT2D eigenvalue weighted by molar-refractivity contribution is -0.156. The standard InChI is InChI=1S/C35H57N3O12/c1-35(2,3)50-34(39)8-10-40-12-14-42-16-18-44-20-22-46-24-26-48-28-29-49-27-25-47-23-21-45-19-17-43-15-13-41-11-9-37-31-38-33-7-5-6-32(30-33)36-4/h5-7,30H,8-29H2,1-3H3. The van der Waals surface area contributed by atoms with Gasteiger partial charge in [-0.25, -0.2) is 9.84 Å². The zero-order chi connectivity index (χ0) is 36.2. The van der Waals surface area contributed by atoms with E-state index < -0.39 is 5.60 Å². The Morgan fingerprint density at radius 2 is 1.00 bits per heavy atom. The average molecular weight is 712 g/mol. The van der Waals surface area contributed by atoms with Gasteiger partial charge in [-0.05, 0) is 32.9 Å². The minimum atomic E-state index is -0.477. The van der Waals surface area contributed by atoms with Gasteiger partial charge in [-0.1, -0.05) is 12.1 Å². The fourth-order valence-electron chi connectivity index (χ4n) is 3.51. The summed E-state index contributed by atoms with van der Waals surface area (Å²) in [7, 11) is 0. The van der Waals surface area contributed by atoms with Crippen LogP contribution in [0.15, 0.2) is 34.3 Å². The molecule has 15 nitrogen and oxygen atoms in total. The van der Waals surface area contributed by atoms with Crippen molar-refractivity contribution in [2.45, 2.75) is 32.8 Å². The molecule has 284 valence electrons. The summed E-state index contributed by atoms with van der Waals surface area (Å²) in [5.74, 6) is -0.268. The third-order valence-electron chi connectivity index (χ3n) is 5.77. The third-order valence-corrected chi connectivity index (χ3v) is 5.77. The van der Waals surface area contributed by atoms with Gasteiger partial charge in [-0.2, -0.15) is 4.99 Å². The van der Waals surface area contributed by atoms with Gasteiger partial charge >= 0.3 is 5.97 Å². The maximum atomic E-state index is 11.6. The van der Waals surface area contributed by atoms with E-state index in [9.17, 15) is 4.79 Å². The average Bonchev–Trinajstić information content (AvgIpc) is 3.09. The molecule has 0 unspecified atom stereocenters. The molecule has 0 aliphatic rings. The number of hydrogen-bond acceptors (Lipinski definition) is 14. The Morgan fingerprint density at radius 1 is 0.620 bits per heavy atom. The zero-order valence-corrected chi connectivity index (χ0v) is 30.1. The first-order valence-corrected chi connectivity index (χ1v) is 17.0. The lowest BCUT2D eigenvalue weighted by Gasteiger charge is -2.19. The van der Waals surface area contributed by atoms with Gasteiger partial charge in [0, 0.05) is 0 Å². The molecule has 0 atom stereocenters. The molecule has 50 heavy (non-hydrogen) atoms. The highest BCUT2D eigenvalue weighted by Crippen LogP contribution is 2.19. The largest absolute Gasteiger partial charge is 0.460 e. The molecule has 1 aromatic carbocycles. The monoisotopic (exact) mass is 711 g/mol. The molecule has 0 saturated heterocycles. The predicted molar refractivity (Wildman–Crippen MR) is 186 cm³/mol. The van der Waals surface area contributed by atoms with Gasteiger partial charge in [0.1, 0.15) is 5.60 Å². The number of benzene rings is 1. The summed E-state index contributed by atoms with van der Waals surface area (Å²) >= 11 is 0. The fourth-order valence-corrected chi connectivity index (χ4v) is 3.51. The summed E-state index contributed by atoms with van der Waals surface area (Å²) in [5.41, 5.74) is 0.697. The van der Waals surface area contributed by atoms with Crippen LogP contribution in [0.1, 0.15) is 27.2 Å². The third kappa shape index (κ3) is 32.4. The lowest BCUT2D eigenvalue weighted by atomic mass is 10.2. The minimum Gasteiger partial charge on any atom is -0.460 e. The molecule has 0 radical (unpaired) electrons. The molecule has 0 aliphatic carbocycles.